The lowest BCUT2D eigenvalue weighted by molar-refractivity contribution is -0.295. The van der Waals surface area contributed by atoms with Crippen LogP contribution >= 0.6 is 0 Å². The SMILES string of the molecule is O=C(CC(=O)ON1C(=O)CCC1=O)OCCOCC(COCCOC(=O)CC(=O)ON1C(=O)CCC1=O)(COCCOC(=O)CC(=O)ON1C(=O)CCC1=O)COOC(=O)CC(=O)ON1C(=O)CCC1=O. The zero-order valence-corrected chi connectivity index (χ0v) is 37.3. The number of carbonyl (C=O) groups is 16. The van der Waals surface area contributed by atoms with E-state index in [1.807, 2.05) is 0 Å². The van der Waals surface area contributed by atoms with Crippen LogP contribution in [-0.2, 0) is 134 Å². The van der Waals surface area contributed by atoms with E-state index in [0.717, 1.165) is 0 Å². The van der Waals surface area contributed by atoms with Crippen molar-refractivity contribution in [3.8, 4) is 0 Å². The van der Waals surface area contributed by atoms with Crippen LogP contribution in [0.25, 0.3) is 0 Å². The molecule has 8 amide bonds. The summed E-state index contributed by atoms with van der Waals surface area (Å²) >= 11 is 0. The van der Waals surface area contributed by atoms with Crippen LogP contribution in [0.5, 0.6) is 0 Å². The lowest BCUT2D eigenvalue weighted by atomic mass is 9.92. The third-order valence-corrected chi connectivity index (χ3v) is 9.16. The molecule has 4 heterocycles. The van der Waals surface area contributed by atoms with E-state index in [0.29, 0.717) is 0 Å². The van der Waals surface area contributed by atoms with Crippen molar-refractivity contribution in [2.45, 2.75) is 77.0 Å². The molecule has 0 atom stereocenters. The van der Waals surface area contributed by atoms with Crippen molar-refractivity contribution < 1.29 is 134 Å². The van der Waals surface area contributed by atoms with Crippen LogP contribution in [0.15, 0.2) is 0 Å². The first-order chi connectivity index (χ1) is 33.7. The molecule has 4 rings (SSSR count). The first-order valence-electron chi connectivity index (χ1n) is 21.0. The maximum atomic E-state index is 12.5. The molecule has 0 unspecified atom stereocenters. The Hall–Kier alpha value is -7.84. The van der Waals surface area contributed by atoms with Crippen LogP contribution in [0, 0.1) is 5.41 Å². The second-order valence-corrected chi connectivity index (χ2v) is 14.9. The van der Waals surface area contributed by atoms with Crippen LogP contribution in [0.2, 0.25) is 0 Å². The summed E-state index contributed by atoms with van der Waals surface area (Å²) in [6.45, 7) is -5.33. The Balaban J connectivity index is 1.35. The summed E-state index contributed by atoms with van der Waals surface area (Å²) in [6.07, 6.45) is -5.88. The van der Waals surface area contributed by atoms with E-state index in [2.05, 4.69) is 24.2 Å². The molecule has 4 fully saturated rings. The van der Waals surface area contributed by atoms with Crippen molar-refractivity contribution in [2.24, 2.45) is 5.41 Å². The molecule has 32 heteroatoms. The number of imide groups is 4. The van der Waals surface area contributed by atoms with Crippen molar-refractivity contribution in [1.82, 2.24) is 20.3 Å². The van der Waals surface area contributed by atoms with Gasteiger partial charge in [0.05, 0.1) is 45.1 Å². The highest BCUT2D eigenvalue weighted by molar-refractivity contribution is 6.04. The number of nitrogens with zero attached hydrogens (tertiary/aromatic N) is 4. The fourth-order valence-corrected chi connectivity index (χ4v) is 5.80. The molecule has 0 aromatic heterocycles. The van der Waals surface area contributed by atoms with Crippen LogP contribution in [-0.4, -0.2) is 181 Å². The Labute approximate surface area is 397 Å². The first kappa shape index (κ1) is 55.8. The number of esters is 3. The number of hydrogen-bond acceptors (Lipinski definition) is 28. The molecule has 4 aliphatic rings. The van der Waals surface area contributed by atoms with Crippen LogP contribution in [0.4, 0.5) is 0 Å². The molecule has 71 heavy (non-hydrogen) atoms. The van der Waals surface area contributed by atoms with Gasteiger partial charge in [0.2, 0.25) is 0 Å². The van der Waals surface area contributed by atoms with Gasteiger partial charge in [0.25, 0.3) is 47.3 Å². The van der Waals surface area contributed by atoms with Gasteiger partial charge in [0.1, 0.15) is 52.1 Å². The number of amides is 8. The van der Waals surface area contributed by atoms with Gasteiger partial charge in [0.15, 0.2) is 0 Å². The lowest BCUT2D eigenvalue weighted by Crippen LogP contribution is -2.43. The summed E-state index contributed by atoms with van der Waals surface area (Å²) in [5.74, 6) is -16.5. The van der Waals surface area contributed by atoms with E-state index in [1.54, 1.807) is 0 Å². The molecule has 4 aliphatic heterocycles. The Morgan fingerprint density at radius 2 is 0.563 bits per heavy atom. The maximum absolute atomic E-state index is 12.5. The van der Waals surface area contributed by atoms with Gasteiger partial charge < -0.3 is 47.8 Å². The summed E-state index contributed by atoms with van der Waals surface area (Å²) in [6, 6.07) is 0. The summed E-state index contributed by atoms with van der Waals surface area (Å²) in [5.41, 5.74) is -1.65. The van der Waals surface area contributed by atoms with Gasteiger partial charge in [-0.2, -0.15) is 4.89 Å². The molecule has 0 aliphatic carbocycles. The predicted molar refractivity (Wildman–Crippen MR) is 207 cm³/mol. The minimum Gasteiger partial charge on any atom is -0.463 e. The van der Waals surface area contributed by atoms with Crippen molar-refractivity contribution in [2.75, 3.05) is 66.1 Å². The summed E-state index contributed by atoms with van der Waals surface area (Å²) < 4.78 is 31.7. The van der Waals surface area contributed by atoms with Crippen molar-refractivity contribution in [3.05, 3.63) is 0 Å². The van der Waals surface area contributed by atoms with Gasteiger partial charge >= 0.3 is 47.8 Å². The predicted octanol–water partition coefficient (Wildman–Crippen LogP) is -3.88. The molecule has 0 radical (unpaired) electrons. The third-order valence-electron chi connectivity index (χ3n) is 9.16. The molecular formula is C39H44N4O28. The van der Waals surface area contributed by atoms with E-state index in [4.69, 9.17) is 33.3 Å². The zero-order valence-electron chi connectivity index (χ0n) is 37.3. The topological polar surface area (TPSA) is 397 Å². The zero-order chi connectivity index (χ0) is 52.1. The van der Waals surface area contributed by atoms with Gasteiger partial charge in [-0.1, -0.05) is 0 Å². The van der Waals surface area contributed by atoms with E-state index in [1.165, 1.54) is 0 Å². The molecular weight excluding hydrogens is 972 g/mol. The highest BCUT2D eigenvalue weighted by atomic mass is 17.2. The molecule has 0 N–H and O–H groups in total. The van der Waals surface area contributed by atoms with Gasteiger partial charge in [-0.3, -0.25) is 57.6 Å². The average Bonchev–Trinajstić information content (AvgIpc) is 4.01. The van der Waals surface area contributed by atoms with Crippen molar-refractivity contribution >= 4 is 95.0 Å². The van der Waals surface area contributed by atoms with E-state index in [-0.39, 0.29) is 71.6 Å². The van der Waals surface area contributed by atoms with Crippen molar-refractivity contribution in [3.63, 3.8) is 0 Å². The largest absolute Gasteiger partial charge is 0.463 e. The lowest BCUT2D eigenvalue weighted by Gasteiger charge is -2.32. The molecule has 4 saturated heterocycles. The minimum atomic E-state index is -1.65. The van der Waals surface area contributed by atoms with Crippen LogP contribution in [0.3, 0.4) is 0 Å². The maximum Gasteiger partial charge on any atom is 0.353 e. The van der Waals surface area contributed by atoms with E-state index < -0.39 is 192 Å². The molecule has 0 bridgehead atoms. The van der Waals surface area contributed by atoms with E-state index >= 15 is 0 Å². The highest BCUT2D eigenvalue weighted by Crippen LogP contribution is 2.22. The smallest absolute Gasteiger partial charge is 0.353 e. The van der Waals surface area contributed by atoms with Gasteiger partial charge in [-0.05, 0) is 0 Å². The normalized spacial score (nSPS) is 15.9. The quantitative estimate of drug-likeness (QED) is 0.0126. The number of ether oxygens (including phenoxy) is 6. The standard InChI is InChI=1S/C39H44N4O28/c44-23-1-2-24(45)40(23)67-34(55)15-31(52)63-12-9-60-19-39(22-66-71-38(59)18-37(58)70-43-29(50)7-8-30(43)51,20-61-10-13-64-32(53)16-35(56)68-41-25(46)3-4-26(41)47)21-62-11-14-65-33(54)17-36(57)69-42-27(48)5-6-28(42)49/h1-22H2. The number of rotatable bonds is 30. The number of hydrogen-bond donors (Lipinski definition) is 0. The Morgan fingerprint density at radius 1 is 0.324 bits per heavy atom. The summed E-state index contributed by atoms with van der Waals surface area (Å²) in [4.78, 5) is 220. The second kappa shape index (κ2) is 27.4. The molecule has 0 saturated carbocycles. The van der Waals surface area contributed by atoms with Crippen LogP contribution in [0.1, 0.15) is 77.0 Å². The van der Waals surface area contributed by atoms with Crippen LogP contribution < -0.4 is 0 Å². The summed E-state index contributed by atoms with van der Waals surface area (Å²) in [5, 5.41) is 0.851. The second-order valence-electron chi connectivity index (χ2n) is 14.9. The number of carbonyl (C=O) groups excluding carboxylic acids is 16. The molecule has 0 aromatic rings. The monoisotopic (exact) mass is 1020 g/mol. The Kier molecular flexibility index (Phi) is 21.5. The average molecular weight is 1020 g/mol. The number of hydroxylamine groups is 8. The van der Waals surface area contributed by atoms with Gasteiger partial charge in [0, 0.05) is 51.4 Å². The fourth-order valence-electron chi connectivity index (χ4n) is 5.80. The minimum absolute atomic E-state index is 0.180. The molecule has 32 nitrogen and oxygen atoms in total. The first-order valence-corrected chi connectivity index (χ1v) is 21.0. The molecule has 0 spiro atoms. The third kappa shape index (κ3) is 18.5. The molecule has 388 valence electrons. The summed E-state index contributed by atoms with van der Waals surface area (Å²) in [7, 11) is 0. The Bertz CT molecular complexity index is 1910. The highest BCUT2D eigenvalue weighted by Gasteiger charge is 2.38. The molecule has 0 aromatic carbocycles. The fraction of sp³-hybridized carbons (Fsp3) is 0.590. The van der Waals surface area contributed by atoms with Gasteiger partial charge in [-0.15, -0.1) is 20.3 Å². The van der Waals surface area contributed by atoms with E-state index in [9.17, 15) is 76.7 Å². The van der Waals surface area contributed by atoms with Crippen molar-refractivity contribution in [1.29, 1.82) is 0 Å². The van der Waals surface area contributed by atoms with Gasteiger partial charge in [-0.25, -0.2) is 24.0 Å². The Morgan fingerprint density at radius 3 is 0.817 bits per heavy atom.